The zero-order valence-electron chi connectivity index (χ0n) is 16.1. The van der Waals surface area contributed by atoms with Crippen LogP contribution in [0, 0.1) is 0 Å². The van der Waals surface area contributed by atoms with Gasteiger partial charge in [-0.1, -0.05) is 24.3 Å². The molecule has 1 N–H and O–H groups in total. The van der Waals surface area contributed by atoms with Crippen molar-refractivity contribution in [1.29, 1.82) is 0 Å². The molecule has 1 aliphatic heterocycles. The van der Waals surface area contributed by atoms with Gasteiger partial charge in [0.15, 0.2) is 5.96 Å². The SMILES string of the molecule is CN=C(NCc1nccc2ccccc12)N1CCOC(c2cnn(C)c2)C1.I. The summed E-state index contributed by atoms with van der Waals surface area (Å²) in [6, 6.07) is 10.3. The molecule has 0 radical (unpaired) electrons. The number of nitrogens with zero attached hydrogens (tertiary/aromatic N) is 5. The van der Waals surface area contributed by atoms with Crippen LogP contribution in [0.3, 0.4) is 0 Å². The van der Waals surface area contributed by atoms with Crippen LogP contribution in [0.25, 0.3) is 10.8 Å². The van der Waals surface area contributed by atoms with Crippen LogP contribution in [0.1, 0.15) is 17.4 Å². The minimum atomic E-state index is 0. The third-order valence-corrected chi connectivity index (χ3v) is 4.84. The first-order valence-electron chi connectivity index (χ1n) is 9.13. The third kappa shape index (κ3) is 4.44. The first-order valence-corrected chi connectivity index (χ1v) is 9.13. The summed E-state index contributed by atoms with van der Waals surface area (Å²) in [5.74, 6) is 0.863. The van der Waals surface area contributed by atoms with Gasteiger partial charge in [0.25, 0.3) is 0 Å². The predicted octanol–water partition coefficient (Wildman–Crippen LogP) is 2.74. The largest absolute Gasteiger partial charge is 0.370 e. The average Bonchev–Trinajstić information content (AvgIpc) is 3.15. The van der Waals surface area contributed by atoms with Gasteiger partial charge in [-0.3, -0.25) is 14.7 Å². The van der Waals surface area contributed by atoms with E-state index in [9.17, 15) is 0 Å². The van der Waals surface area contributed by atoms with Crippen LogP contribution < -0.4 is 5.32 Å². The van der Waals surface area contributed by atoms with E-state index in [0.717, 1.165) is 35.7 Å². The van der Waals surface area contributed by atoms with Crippen LogP contribution in [-0.2, 0) is 18.3 Å². The minimum Gasteiger partial charge on any atom is -0.370 e. The Morgan fingerprint density at radius 3 is 2.96 bits per heavy atom. The number of aryl methyl sites for hydroxylation is 1. The lowest BCUT2D eigenvalue weighted by Crippen LogP contribution is -2.48. The summed E-state index contributed by atoms with van der Waals surface area (Å²) >= 11 is 0. The van der Waals surface area contributed by atoms with Gasteiger partial charge in [-0.05, 0) is 11.5 Å². The summed E-state index contributed by atoms with van der Waals surface area (Å²) in [6.45, 7) is 2.84. The van der Waals surface area contributed by atoms with Crippen molar-refractivity contribution in [1.82, 2.24) is 25.0 Å². The number of hydrogen-bond acceptors (Lipinski definition) is 4. The highest BCUT2D eigenvalue weighted by Gasteiger charge is 2.25. The van der Waals surface area contributed by atoms with Gasteiger partial charge in [-0.25, -0.2) is 0 Å². The molecular weight excluding hydrogens is 467 g/mol. The molecule has 8 heteroatoms. The smallest absolute Gasteiger partial charge is 0.194 e. The number of halogens is 1. The van der Waals surface area contributed by atoms with Crippen LogP contribution in [0.15, 0.2) is 53.9 Å². The number of benzene rings is 1. The predicted molar refractivity (Wildman–Crippen MR) is 121 cm³/mol. The Morgan fingerprint density at radius 2 is 2.18 bits per heavy atom. The number of fused-ring (bicyclic) bond motifs is 1. The Balaban J connectivity index is 0.00000225. The van der Waals surface area contributed by atoms with Crippen molar-refractivity contribution in [3.05, 3.63) is 60.2 Å². The molecule has 4 rings (SSSR count). The van der Waals surface area contributed by atoms with Crippen molar-refractivity contribution < 1.29 is 4.74 Å². The molecule has 1 aliphatic rings. The summed E-state index contributed by atoms with van der Waals surface area (Å²) in [6.07, 6.45) is 5.73. The maximum absolute atomic E-state index is 5.93. The molecule has 7 nitrogen and oxygen atoms in total. The second-order valence-corrected chi connectivity index (χ2v) is 6.63. The van der Waals surface area contributed by atoms with E-state index < -0.39 is 0 Å². The Hall–Kier alpha value is -2.20. The molecule has 0 spiro atoms. The Labute approximate surface area is 181 Å². The van der Waals surface area contributed by atoms with Gasteiger partial charge in [-0.15, -0.1) is 24.0 Å². The number of ether oxygens (including phenoxy) is 1. The number of aromatic nitrogens is 3. The molecule has 28 heavy (non-hydrogen) atoms. The second-order valence-electron chi connectivity index (χ2n) is 6.63. The maximum atomic E-state index is 5.93. The molecule has 0 aliphatic carbocycles. The van der Waals surface area contributed by atoms with Crippen LogP contribution in [0.5, 0.6) is 0 Å². The van der Waals surface area contributed by atoms with Crippen LogP contribution in [0.2, 0.25) is 0 Å². The highest BCUT2D eigenvalue weighted by Crippen LogP contribution is 2.22. The summed E-state index contributed by atoms with van der Waals surface area (Å²) in [4.78, 5) is 11.2. The first-order chi connectivity index (χ1) is 13.2. The molecule has 1 unspecified atom stereocenters. The van der Waals surface area contributed by atoms with Gasteiger partial charge in [0.1, 0.15) is 6.10 Å². The van der Waals surface area contributed by atoms with E-state index in [1.807, 2.05) is 50.9 Å². The lowest BCUT2D eigenvalue weighted by atomic mass is 10.1. The van der Waals surface area contributed by atoms with E-state index in [1.165, 1.54) is 5.39 Å². The minimum absolute atomic E-state index is 0. The summed E-state index contributed by atoms with van der Waals surface area (Å²) in [7, 11) is 3.73. The zero-order valence-corrected chi connectivity index (χ0v) is 18.4. The van der Waals surface area contributed by atoms with E-state index >= 15 is 0 Å². The number of rotatable bonds is 3. The zero-order chi connectivity index (χ0) is 18.6. The third-order valence-electron chi connectivity index (χ3n) is 4.84. The van der Waals surface area contributed by atoms with Gasteiger partial charge in [0.05, 0.1) is 31.6 Å². The molecule has 1 saturated heterocycles. The number of morpholine rings is 1. The van der Waals surface area contributed by atoms with Gasteiger partial charge < -0.3 is 15.0 Å². The van der Waals surface area contributed by atoms with Crippen molar-refractivity contribution in [3.63, 3.8) is 0 Å². The molecule has 1 atom stereocenters. The maximum Gasteiger partial charge on any atom is 0.194 e. The van der Waals surface area contributed by atoms with Crippen LogP contribution in [-0.4, -0.2) is 52.4 Å². The van der Waals surface area contributed by atoms with Crippen molar-refractivity contribution in [2.45, 2.75) is 12.6 Å². The van der Waals surface area contributed by atoms with Gasteiger partial charge >= 0.3 is 0 Å². The second kappa shape index (κ2) is 9.33. The molecule has 1 fully saturated rings. The fraction of sp³-hybridized carbons (Fsp3) is 0.350. The number of hydrogen-bond donors (Lipinski definition) is 1. The number of nitrogens with one attached hydrogen (secondary N) is 1. The molecule has 0 saturated carbocycles. The molecule has 1 aromatic carbocycles. The fourth-order valence-electron chi connectivity index (χ4n) is 3.47. The monoisotopic (exact) mass is 492 g/mol. The quantitative estimate of drug-likeness (QED) is 0.346. The van der Waals surface area contributed by atoms with Crippen molar-refractivity contribution in [2.75, 3.05) is 26.7 Å². The summed E-state index contributed by atoms with van der Waals surface area (Å²) in [5, 5.41) is 10.1. The lowest BCUT2D eigenvalue weighted by Gasteiger charge is -2.34. The fourth-order valence-corrected chi connectivity index (χ4v) is 3.47. The van der Waals surface area contributed by atoms with Gasteiger partial charge in [0, 0.05) is 44.0 Å². The van der Waals surface area contributed by atoms with Crippen LogP contribution >= 0.6 is 24.0 Å². The lowest BCUT2D eigenvalue weighted by molar-refractivity contribution is -0.00805. The molecule has 0 bridgehead atoms. The van der Waals surface area contributed by atoms with E-state index in [1.54, 1.807) is 4.68 Å². The molecule has 3 heterocycles. The van der Waals surface area contributed by atoms with Crippen molar-refractivity contribution in [3.8, 4) is 0 Å². The van der Waals surface area contributed by atoms with Crippen LogP contribution in [0.4, 0.5) is 0 Å². The van der Waals surface area contributed by atoms with E-state index in [-0.39, 0.29) is 30.1 Å². The Bertz CT molecular complexity index is 951. The molecule has 2 aromatic heterocycles. The molecule has 0 amide bonds. The Kier molecular flexibility index (Phi) is 6.84. The van der Waals surface area contributed by atoms with E-state index in [0.29, 0.717) is 13.2 Å². The highest BCUT2D eigenvalue weighted by molar-refractivity contribution is 14.0. The molecule has 148 valence electrons. The normalized spacial score (nSPS) is 17.4. The number of guanidine groups is 1. The van der Waals surface area contributed by atoms with Gasteiger partial charge in [0.2, 0.25) is 0 Å². The number of aliphatic imine (C=N–C) groups is 1. The van der Waals surface area contributed by atoms with Gasteiger partial charge in [-0.2, -0.15) is 5.10 Å². The van der Waals surface area contributed by atoms with Crippen molar-refractivity contribution >= 4 is 40.7 Å². The topological polar surface area (TPSA) is 67.6 Å². The average molecular weight is 492 g/mol. The van der Waals surface area contributed by atoms with E-state index in [2.05, 4.69) is 37.4 Å². The van der Waals surface area contributed by atoms with Crippen molar-refractivity contribution in [2.24, 2.45) is 12.0 Å². The number of pyridine rings is 1. The summed E-state index contributed by atoms with van der Waals surface area (Å²) in [5.41, 5.74) is 2.11. The highest BCUT2D eigenvalue weighted by atomic mass is 127. The molecule has 3 aromatic rings. The Morgan fingerprint density at radius 1 is 1.32 bits per heavy atom. The first kappa shape index (κ1) is 20.5. The summed E-state index contributed by atoms with van der Waals surface area (Å²) < 4.78 is 7.74. The standard InChI is InChI=1S/C20H24N6O.HI/c1-21-20(23-12-18-17-6-4-3-5-15(17)7-8-22-18)26-9-10-27-19(14-26)16-11-24-25(2)13-16;/h3-8,11,13,19H,9-10,12,14H2,1-2H3,(H,21,23);1H. The molecular formula is C20H25IN6O. The van der Waals surface area contributed by atoms with E-state index in [4.69, 9.17) is 4.74 Å².